The number of hydrogen-bond acceptors (Lipinski definition) is 3. The number of benzene rings is 1. The van der Waals surface area contributed by atoms with Gasteiger partial charge in [0.1, 0.15) is 0 Å². The minimum atomic E-state index is -4.50. The van der Waals surface area contributed by atoms with Gasteiger partial charge in [-0.2, -0.15) is 8.78 Å². The number of sulfone groups is 1. The highest BCUT2D eigenvalue weighted by Gasteiger charge is 2.26. The van der Waals surface area contributed by atoms with E-state index in [9.17, 15) is 17.2 Å². The predicted molar refractivity (Wildman–Crippen MR) is 74.7 cm³/mol. The summed E-state index contributed by atoms with van der Waals surface area (Å²) in [4.78, 5) is -0.338. The monoisotopic (exact) mass is 303 g/mol. The minimum Gasteiger partial charge on any atom is -0.382 e. The SMILES string of the molecule is CC1CCC(Nc2ccc(S(=O)(=O)C(F)F)cc2)CC1. The van der Waals surface area contributed by atoms with E-state index in [0.29, 0.717) is 6.04 Å². The molecule has 0 saturated heterocycles. The van der Waals surface area contributed by atoms with Crippen molar-refractivity contribution in [2.45, 2.75) is 49.3 Å². The van der Waals surface area contributed by atoms with E-state index in [1.807, 2.05) is 0 Å². The van der Waals surface area contributed by atoms with E-state index >= 15 is 0 Å². The molecule has 1 aliphatic carbocycles. The Morgan fingerprint density at radius 2 is 1.65 bits per heavy atom. The van der Waals surface area contributed by atoms with Gasteiger partial charge in [-0.05, 0) is 55.9 Å². The summed E-state index contributed by atoms with van der Waals surface area (Å²) in [6.45, 7) is 2.24. The highest BCUT2D eigenvalue weighted by atomic mass is 32.2. The van der Waals surface area contributed by atoms with E-state index in [-0.39, 0.29) is 4.90 Å². The van der Waals surface area contributed by atoms with E-state index < -0.39 is 15.6 Å². The second-order valence-corrected chi connectivity index (χ2v) is 7.35. The third-order valence-corrected chi connectivity index (χ3v) is 5.20. The zero-order valence-corrected chi connectivity index (χ0v) is 12.2. The highest BCUT2D eigenvalue weighted by molar-refractivity contribution is 7.91. The molecule has 1 aromatic carbocycles. The first-order valence-electron chi connectivity index (χ1n) is 6.78. The number of alkyl halides is 2. The van der Waals surface area contributed by atoms with Gasteiger partial charge in [0.25, 0.3) is 0 Å². The number of halogens is 2. The lowest BCUT2D eigenvalue weighted by Gasteiger charge is -2.27. The van der Waals surface area contributed by atoms with Crippen LogP contribution in [0.4, 0.5) is 14.5 Å². The maximum absolute atomic E-state index is 12.4. The predicted octanol–water partition coefficient (Wildman–Crippen LogP) is 3.67. The third kappa shape index (κ3) is 3.48. The maximum Gasteiger partial charge on any atom is 0.341 e. The molecule has 1 N–H and O–H groups in total. The van der Waals surface area contributed by atoms with Crippen LogP contribution in [0, 0.1) is 5.92 Å². The maximum atomic E-state index is 12.4. The Balaban J connectivity index is 2.02. The second-order valence-electron chi connectivity index (χ2n) is 5.43. The first kappa shape index (κ1) is 15.2. The molecule has 0 spiro atoms. The molecule has 0 amide bonds. The lowest BCUT2D eigenvalue weighted by Crippen LogP contribution is -2.25. The summed E-state index contributed by atoms with van der Waals surface area (Å²) in [5, 5.41) is 3.33. The van der Waals surface area contributed by atoms with Gasteiger partial charge in [0.2, 0.25) is 9.84 Å². The molecule has 0 unspecified atom stereocenters. The second kappa shape index (κ2) is 6.08. The Labute approximate surface area is 118 Å². The van der Waals surface area contributed by atoms with Crippen LogP contribution in [0.2, 0.25) is 0 Å². The Morgan fingerprint density at radius 3 is 2.15 bits per heavy atom. The first-order chi connectivity index (χ1) is 9.39. The highest BCUT2D eigenvalue weighted by Crippen LogP contribution is 2.27. The average Bonchev–Trinajstić information content (AvgIpc) is 2.42. The molecule has 20 heavy (non-hydrogen) atoms. The molecule has 0 aromatic heterocycles. The van der Waals surface area contributed by atoms with E-state index in [1.54, 1.807) is 12.1 Å². The Bertz CT molecular complexity index is 535. The van der Waals surface area contributed by atoms with Crippen molar-refractivity contribution in [2.75, 3.05) is 5.32 Å². The molecule has 1 aliphatic rings. The zero-order chi connectivity index (χ0) is 14.8. The van der Waals surface area contributed by atoms with Gasteiger partial charge in [-0.15, -0.1) is 0 Å². The molecule has 0 bridgehead atoms. The lowest BCUT2D eigenvalue weighted by atomic mass is 9.87. The molecule has 1 fully saturated rings. The summed E-state index contributed by atoms with van der Waals surface area (Å²) in [7, 11) is -4.50. The molecule has 1 aromatic rings. The molecule has 0 radical (unpaired) electrons. The summed E-state index contributed by atoms with van der Waals surface area (Å²) in [5.41, 5.74) is 0.776. The summed E-state index contributed by atoms with van der Waals surface area (Å²) in [6, 6.07) is 5.94. The van der Waals surface area contributed by atoms with Crippen molar-refractivity contribution in [1.82, 2.24) is 0 Å². The van der Waals surface area contributed by atoms with Crippen LogP contribution in [0.25, 0.3) is 0 Å². The number of hydrogen-bond donors (Lipinski definition) is 1. The van der Waals surface area contributed by atoms with Crippen LogP contribution in [0.15, 0.2) is 29.2 Å². The summed E-state index contributed by atoms with van der Waals surface area (Å²) >= 11 is 0. The molecule has 0 heterocycles. The van der Waals surface area contributed by atoms with E-state index in [2.05, 4.69) is 12.2 Å². The van der Waals surface area contributed by atoms with E-state index in [1.165, 1.54) is 25.0 Å². The summed E-state index contributed by atoms with van der Waals surface area (Å²) in [5.74, 6) is -2.62. The Morgan fingerprint density at radius 1 is 1.10 bits per heavy atom. The average molecular weight is 303 g/mol. The van der Waals surface area contributed by atoms with Gasteiger partial charge in [-0.1, -0.05) is 6.92 Å². The smallest absolute Gasteiger partial charge is 0.341 e. The van der Waals surface area contributed by atoms with Crippen molar-refractivity contribution in [3.63, 3.8) is 0 Å². The van der Waals surface area contributed by atoms with Crippen molar-refractivity contribution in [3.8, 4) is 0 Å². The standard InChI is InChI=1S/C14H19F2NO2S/c1-10-2-4-11(5-3-10)17-12-6-8-13(9-7-12)20(18,19)14(15)16/h6-11,14,17H,2-5H2,1H3. The molecule has 6 heteroatoms. The van der Waals surface area contributed by atoms with Crippen LogP contribution < -0.4 is 5.32 Å². The molecular weight excluding hydrogens is 284 g/mol. The van der Waals surface area contributed by atoms with Crippen molar-refractivity contribution >= 4 is 15.5 Å². The Kier molecular flexibility index (Phi) is 4.62. The molecular formula is C14H19F2NO2S. The van der Waals surface area contributed by atoms with Gasteiger partial charge in [0.05, 0.1) is 4.90 Å². The van der Waals surface area contributed by atoms with Crippen LogP contribution in [-0.4, -0.2) is 20.2 Å². The van der Waals surface area contributed by atoms with Crippen molar-refractivity contribution in [2.24, 2.45) is 5.92 Å². The van der Waals surface area contributed by atoms with Gasteiger partial charge >= 0.3 is 5.76 Å². The fraction of sp³-hybridized carbons (Fsp3) is 0.571. The molecule has 2 rings (SSSR count). The van der Waals surface area contributed by atoms with Crippen molar-refractivity contribution in [3.05, 3.63) is 24.3 Å². The third-order valence-electron chi connectivity index (χ3n) is 3.80. The summed E-state index contributed by atoms with van der Waals surface area (Å²) < 4.78 is 47.4. The summed E-state index contributed by atoms with van der Waals surface area (Å²) in [6.07, 6.45) is 4.52. The van der Waals surface area contributed by atoms with Gasteiger partial charge in [0.15, 0.2) is 0 Å². The molecule has 1 saturated carbocycles. The van der Waals surface area contributed by atoms with Crippen LogP contribution in [0.3, 0.4) is 0 Å². The number of anilines is 1. The zero-order valence-electron chi connectivity index (χ0n) is 11.4. The van der Waals surface area contributed by atoms with E-state index in [4.69, 9.17) is 0 Å². The Hall–Kier alpha value is -1.17. The first-order valence-corrected chi connectivity index (χ1v) is 8.33. The quantitative estimate of drug-likeness (QED) is 0.923. The van der Waals surface area contributed by atoms with Gasteiger partial charge in [0, 0.05) is 11.7 Å². The largest absolute Gasteiger partial charge is 0.382 e. The number of rotatable bonds is 4. The number of nitrogens with one attached hydrogen (secondary N) is 1. The van der Waals surface area contributed by atoms with Crippen LogP contribution >= 0.6 is 0 Å². The van der Waals surface area contributed by atoms with Gasteiger partial charge in [-0.25, -0.2) is 8.42 Å². The molecule has 112 valence electrons. The minimum absolute atomic E-state index is 0.338. The van der Waals surface area contributed by atoms with Crippen LogP contribution in [0.5, 0.6) is 0 Å². The fourth-order valence-electron chi connectivity index (χ4n) is 2.48. The van der Waals surface area contributed by atoms with Gasteiger partial charge in [-0.3, -0.25) is 0 Å². The van der Waals surface area contributed by atoms with Crippen LogP contribution in [-0.2, 0) is 9.84 Å². The van der Waals surface area contributed by atoms with E-state index in [0.717, 1.165) is 24.4 Å². The molecule has 0 aliphatic heterocycles. The fourth-order valence-corrected chi connectivity index (χ4v) is 3.21. The molecule has 3 nitrogen and oxygen atoms in total. The normalized spacial score (nSPS) is 23.8. The van der Waals surface area contributed by atoms with Crippen LogP contribution in [0.1, 0.15) is 32.6 Å². The molecule has 0 atom stereocenters. The van der Waals surface area contributed by atoms with Gasteiger partial charge < -0.3 is 5.32 Å². The topological polar surface area (TPSA) is 46.2 Å². The van der Waals surface area contributed by atoms with Crippen molar-refractivity contribution < 1.29 is 17.2 Å². The lowest BCUT2D eigenvalue weighted by molar-refractivity contribution is 0.234. The van der Waals surface area contributed by atoms with Crippen molar-refractivity contribution in [1.29, 1.82) is 0 Å².